The van der Waals surface area contributed by atoms with Crippen LogP contribution in [-0.2, 0) is 27.3 Å². The Morgan fingerprint density at radius 3 is 2.00 bits per heavy atom. The third-order valence-electron chi connectivity index (χ3n) is 2.16. The third kappa shape index (κ3) is 2.53. The zero-order valence-electron chi connectivity index (χ0n) is 8.22. The molecule has 0 spiro atoms. The van der Waals surface area contributed by atoms with Crippen LogP contribution in [0.15, 0.2) is 12.1 Å². The predicted molar refractivity (Wildman–Crippen MR) is 47.6 cm³/mol. The second-order valence-electron chi connectivity index (χ2n) is 3.00. The van der Waals surface area contributed by atoms with Crippen molar-refractivity contribution in [3.8, 4) is 0 Å². The monoisotopic (exact) mass is 278 g/mol. The Kier molecular flexibility index (Phi) is 4.60. The minimum atomic E-state index is -0.839. The summed E-state index contributed by atoms with van der Waals surface area (Å²) >= 11 is 0. The van der Waals surface area contributed by atoms with Gasteiger partial charge in [0, 0.05) is 27.3 Å². The van der Waals surface area contributed by atoms with Crippen molar-refractivity contribution < 1.29 is 37.2 Å². The zero-order chi connectivity index (χ0) is 9.30. The van der Waals surface area contributed by atoms with Crippen molar-refractivity contribution in [3.63, 3.8) is 0 Å². The number of hydrogen-bond donors (Lipinski definition) is 1. The van der Waals surface area contributed by atoms with Gasteiger partial charge >= 0.3 is 5.97 Å². The normalized spacial score (nSPS) is 9.15. The molecule has 1 rings (SSSR count). The Morgan fingerprint density at radius 2 is 1.62 bits per heavy atom. The van der Waals surface area contributed by atoms with E-state index in [1.54, 1.807) is 0 Å². The maximum Gasteiger partial charge on any atom is 0.336 e. The van der Waals surface area contributed by atoms with Crippen molar-refractivity contribution in [1.82, 2.24) is 0 Å². The Labute approximate surface area is 98.1 Å². The molecule has 1 aromatic carbocycles. The molecule has 0 aromatic heterocycles. The number of aryl methyl sites for hydroxylation is 2. The van der Waals surface area contributed by atoms with Crippen LogP contribution in [0.4, 0.5) is 0 Å². The molecule has 2 nitrogen and oxygen atoms in total. The van der Waals surface area contributed by atoms with E-state index >= 15 is 0 Å². The summed E-state index contributed by atoms with van der Waals surface area (Å²) in [7, 11) is 0. The molecule has 0 heterocycles. The van der Waals surface area contributed by atoms with Gasteiger partial charge in [-0.3, -0.25) is 0 Å². The molecule has 0 saturated heterocycles. The van der Waals surface area contributed by atoms with Gasteiger partial charge in [0.05, 0.1) is 5.56 Å². The van der Waals surface area contributed by atoms with E-state index in [9.17, 15) is 4.79 Å². The Balaban J connectivity index is 0.00000144. The van der Waals surface area contributed by atoms with Gasteiger partial charge in [-0.25, -0.2) is 4.79 Å². The SMILES string of the molecule is Cc1ccc(C)c(C(=O)O)c1C.[Cd]. The van der Waals surface area contributed by atoms with Crippen molar-refractivity contribution >= 4 is 5.97 Å². The van der Waals surface area contributed by atoms with Gasteiger partial charge in [-0.05, 0) is 37.5 Å². The molecule has 0 bridgehead atoms. The number of carbonyl (C=O) groups is 1. The van der Waals surface area contributed by atoms with Gasteiger partial charge in [0.15, 0.2) is 0 Å². The molecule has 0 aliphatic carbocycles. The molecular formula is C10H12CdO2. The summed E-state index contributed by atoms with van der Waals surface area (Å²) in [5.74, 6) is -0.839. The average Bonchev–Trinajstić information content (AvgIpc) is 1.97. The summed E-state index contributed by atoms with van der Waals surface area (Å²) in [6.07, 6.45) is 0. The smallest absolute Gasteiger partial charge is 0.336 e. The summed E-state index contributed by atoms with van der Waals surface area (Å²) in [5, 5.41) is 8.87. The number of hydrogen-bond acceptors (Lipinski definition) is 1. The fourth-order valence-electron chi connectivity index (χ4n) is 1.28. The third-order valence-corrected chi connectivity index (χ3v) is 2.16. The van der Waals surface area contributed by atoms with Gasteiger partial charge in [-0.15, -0.1) is 0 Å². The fraction of sp³-hybridized carbons (Fsp3) is 0.300. The second kappa shape index (κ2) is 4.74. The molecule has 0 unspecified atom stereocenters. The van der Waals surface area contributed by atoms with Gasteiger partial charge < -0.3 is 5.11 Å². The molecule has 66 valence electrons. The molecule has 0 atom stereocenters. The molecule has 0 fully saturated rings. The second-order valence-corrected chi connectivity index (χ2v) is 3.00. The maximum absolute atomic E-state index is 10.8. The molecule has 1 aromatic rings. The fourth-order valence-corrected chi connectivity index (χ4v) is 1.28. The Bertz CT molecular complexity index is 332. The first-order valence-electron chi connectivity index (χ1n) is 3.84. The predicted octanol–water partition coefficient (Wildman–Crippen LogP) is 2.31. The summed E-state index contributed by atoms with van der Waals surface area (Å²) < 4.78 is 0. The number of aromatic carboxylic acids is 1. The topological polar surface area (TPSA) is 37.3 Å². The maximum atomic E-state index is 10.8. The van der Waals surface area contributed by atoms with E-state index in [4.69, 9.17) is 5.11 Å². The van der Waals surface area contributed by atoms with Crippen molar-refractivity contribution in [1.29, 1.82) is 0 Å². The molecule has 1 N–H and O–H groups in total. The van der Waals surface area contributed by atoms with Crippen LogP contribution in [-0.4, -0.2) is 11.1 Å². The number of rotatable bonds is 1. The summed E-state index contributed by atoms with van der Waals surface area (Å²) in [5.41, 5.74) is 3.15. The first-order chi connectivity index (χ1) is 5.54. The summed E-state index contributed by atoms with van der Waals surface area (Å²) in [4.78, 5) is 10.8. The number of carboxylic acids is 1. The number of benzene rings is 1. The minimum Gasteiger partial charge on any atom is -0.478 e. The summed E-state index contributed by atoms with van der Waals surface area (Å²) in [6, 6.07) is 3.78. The van der Waals surface area contributed by atoms with E-state index in [2.05, 4.69) is 0 Å². The first-order valence-corrected chi connectivity index (χ1v) is 3.84. The van der Waals surface area contributed by atoms with Crippen LogP contribution in [0.1, 0.15) is 27.0 Å². The molecule has 3 heteroatoms. The molecule has 0 amide bonds. The molecule has 13 heavy (non-hydrogen) atoms. The van der Waals surface area contributed by atoms with Crippen molar-refractivity contribution in [2.45, 2.75) is 20.8 Å². The van der Waals surface area contributed by atoms with Gasteiger partial charge in [0.25, 0.3) is 0 Å². The quantitative estimate of drug-likeness (QED) is 0.799. The van der Waals surface area contributed by atoms with Crippen LogP contribution in [0.25, 0.3) is 0 Å². The Morgan fingerprint density at radius 1 is 1.15 bits per heavy atom. The van der Waals surface area contributed by atoms with Crippen molar-refractivity contribution in [2.24, 2.45) is 0 Å². The standard InChI is InChI=1S/C10H12O2.Cd/c1-6-4-5-7(2)9(8(6)3)10(11)12;/h4-5H,1-3H3,(H,11,12);. The van der Waals surface area contributed by atoms with Crippen LogP contribution in [0.2, 0.25) is 0 Å². The zero-order valence-corrected chi connectivity index (χ0v) is 12.3. The Hall–Kier alpha value is -0.388. The van der Waals surface area contributed by atoms with Crippen LogP contribution in [0.5, 0.6) is 0 Å². The van der Waals surface area contributed by atoms with E-state index in [0.717, 1.165) is 16.7 Å². The largest absolute Gasteiger partial charge is 0.478 e. The molecule has 0 aliphatic rings. The van der Waals surface area contributed by atoms with Gasteiger partial charge in [-0.1, -0.05) is 12.1 Å². The molecule has 0 radical (unpaired) electrons. The van der Waals surface area contributed by atoms with Gasteiger partial charge in [0.1, 0.15) is 0 Å². The summed E-state index contributed by atoms with van der Waals surface area (Å²) in [6.45, 7) is 5.57. The van der Waals surface area contributed by atoms with E-state index in [1.165, 1.54) is 0 Å². The van der Waals surface area contributed by atoms with Gasteiger partial charge in [0.2, 0.25) is 0 Å². The number of carboxylic acid groups (broad SMARTS) is 1. The van der Waals surface area contributed by atoms with E-state index in [0.29, 0.717) is 5.56 Å². The van der Waals surface area contributed by atoms with Crippen LogP contribution in [0, 0.1) is 20.8 Å². The van der Waals surface area contributed by atoms with Crippen molar-refractivity contribution in [2.75, 3.05) is 0 Å². The molecular weight excluding hydrogens is 265 g/mol. The average molecular weight is 277 g/mol. The van der Waals surface area contributed by atoms with E-state index < -0.39 is 5.97 Å². The molecule has 0 saturated carbocycles. The molecule has 0 aliphatic heterocycles. The van der Waals surface area contributed by atoms with Gasteiger partial charge in [-0.2, -0.15) is 0 Å². The van der Waals surface area contributed by atoms with Crippen LogP contribution in [0.3, 0.4) is 0 Å². The van der Waals surface area contributed by atoms with Crippen LogP contribution >= 0.6 is 0 Å². The van der Waals surface area contributed by atoms with Crippen LogP contribution < -0.4 is 0 Å². The van der Waals surface area contributed by atoms with Crippen molar-refractivity contribution in [3.05, 3.63) is 34.4 Å². The first kappa shape index (κ1) is 12.6. The minimum absolute atomic E-state index is 0. The van der Waals surface area contributed by atoms with E-state index in [1.807, 2.05) is 32.9 Å². The van der Waals surface area contributed by atoms with E-state index in [-0.39, 0.29) is 27.3 Å².